The monoisotopic (exact) mass is 481 g/mol. The summed E-state index contributed by atoms with van der Waals surface area (Å²) in [5.74, 6) is -0.413. The first kappa shape index (κ1) is 24.0. The predicted molar refractivity (Wildman–Crippen MR) is 121 cm³/mol. The average molecular weight is 482 g/mol. The lowest BCUT2D eigenvalue weighted by molar-refractivity contribution is -0.133. The van der Waals surface area contributed by atoms with Crippen molar-refractivity contribution in [2.45, 2.75) is 44.3 Å². The Morgan fingerprint density at radius 1 is 1.25 bits per heavy atom. The lowest BCUT2D eigenvalue weighted by Crippen LogP contribution is -2.41. The molecule has 0 bridgehead atoms. The van der Waals surface area contributed by atoms with Crippen LogP contribution < -0.4 is 16.0 Å². The van der Waals surface area contributed by atoms with Crippen molar-refractivity contribution in [3.8, 4) is 0 Å². The van der Waals surface area contributed by atoms with Gasteiger partial charge in [0.15, 0.2) is 0 Å². The van der Waals surface area contributed by atoms with Gasteiger partial charge in [0, 0.05) is 31.1 Å². The van der Waals surface area contributed by atoms with E-state index < -0.39 is 12.1 Å². The van der Waals surface area contributed by atoms with Gasteiger partial charge in [-0.3, -0.25) is 9.59 Å². The standard InChI is InChI=1S/C20H24ClN7O3.ClH/c21-13-3-5-15(6-4-13)28-19(30)17(23-20(28)31)7-8-18(29)26-9-1-2-16(12-26)27-11-14(10-22)24-25-27;/h3-6,11,16-17H,1-2,7-10,12,22H2,(H,23,31);1H. The largest absolute Gasteiger partial charge is 0.341 e. The van der Waals surface area contributed by atoms with Gasteiger partial charge in [0.25, 0.3) is 5.91 Å². The fraction of sp³-hybridized carbons (Fsp3) is 0.450. The van der Waals surface area contributed by atoms with Gasteiger partial charge in [0.1, 0.15) is 6.04 Å². The maximum Gasteiger partial charge on any atom is 0.329 e. The van der Waals surface area contributed by atoms with Gasteiger partial charge < -0.3 is 16.0 Å². The number of nitrogens with one attached hydrogen (secondary N) is 1. The van der Waals surface area contributed by atoms with Gasteiger partial charge in [-0.15, -0.1) is 17.5 Å². The molecule has 1 aromatic heterocycles. The van der Waals surface area contributed by atoms with Crippen LogP contribution in [0.15, 0.2) is 30.5 Å². The molecule has 2 atom stereocenters. The number of urea groups is 1. The van der Waals surface area contributed by atoms with Crippen molar-refractivity contribution in [3.05, 3.63) is 41.2 Å². The summed E-state index contributed by atoms with van der Waals surface area (Å²) in [5, 5.41) is 11.3. The molecule has 3 heterocycles. The van der Waals surface area contributed by atoms with Gasteiger partial charge in [-0.2, -0.15) is 0 Å². The molecule has 2 aliphatic rings. The molecule has 1 aromatic carbocycles. The maximum absolute atomic E-state index is 12.8. The molecule has 3 N–H and O–H groups in total. The number of rotatable bonds is 6. The first-order valence-corrected chi connectivity index (χ1v) is 10.6. The highest BCUT2D eigenvalue weighted by Crippen LogP contribution is 2.25. The smallest absolute Gasteiger partial charge is 0.329 e. The molecule has 0 spiro atoms. The summed E-state index contributed by atoms with van der Waals surface area (Å²) in [5.41, 5.74) is 6.76. The maximum atomic E-state index is 12.8. The Morgan fingerprint density at radius 3 is 2.69 bits per heavy atom. The number of nitrogens with zero attached hydrogens (tertiary/aromatic N) is 5. The summed E-state index contributed by atoms with van der Waals surface area (Å²) in [6, 6.07) is 5.29. The van der Waals surface area contributed by atoms with E-state index in [1.807, 2.05) is 6.20 Å². The van der Waals surface area contributed by atoms with Crippen LogP contribution in [0.25, 0.3) is 0 Å². The third kappa shape index (κ3) is 5.03. The van der Waals surface area contributed by atoms with E-state index >= 15 is 0 Å². The lowest BCUT2D eigenvalue weighted by atomic mass is 10.0. The average Bonchev–Trinajstić information content (AvgIpc) is 3.37. The number of hydrogen-bond acceptors (Lipinski definition) is 6. The van der Waals surface area contributed by atoms with Crippen LogP contribution in [0.3, 0.4) is 0 Å². The van der Waals surface area contributed by atoms with E-state index in [2.05, 4.69) is 15.6 Å². The molecule has 2 aliphatic heterocycles. The van der Waals surface area contributed by atoms with Crippen molar-refractivity contribution in [2.75, 3.05) is 18.0 Å². The molecule has 0 saturated carbocycles. The topological polar surface area (TPSA) is 126 Å². The van der Waals surface area contributed by atoms with E-state index in [-0.39, 0.29) is 43.1 Å². The summed E-state index contributed by atoms with van der Waals surface area (Å²) in [4.78, 5) is 40.7. The molecule has 2 aromatic rings. The highest BCUT2D eigenvalue weighted by Gasteiger charge is 2.39. The first-order chi connectivity index (χ1) is 15.0. The SMILES string of the molecule is Cl.NCc1cn(C2CCCN(C(=O)CCC3NC(=O)N(c4ccc(Cl)cc4)C3=O)C2)nn1. The van der Waals surface area contributed by atoms with Gasteiger partial charge in [-0.05, 0) is 43.5 Å². The van der Waals surface area contributed by atoms with E-state index in [4.69, 9.17) is 17.3 Å². The van der Waals surface area contributed by atoms with Crippen LogP contribution in [0.4, 0.5) is 10.5 Å². The number of benzene rings is 1. The Hall–Kier alpha value is -2.69. The molecule has 4 amide bonds. The summed E-state index contributed by atoms with van der Waals surface area (Å²) in [6.45, 7) is 1.52. The number of amides is 4. The summed E-state index contributed by atoms with van der Waals surface area (Å²) in [7, 11) is 0. The molecule has 4 rings (SSSR count). The number of aromatic nitrogens is 3. The van der Waals surface area contributed by atoms with Gasteiger partial charge in [-0.1, -0.05) is 16.8 Å². The van der Waals surface area contributed by atoms with E-state index in [1.165, 1.54) is 0 Å². The molecule has 10 nitrogen and oxygen atoms in total. The molecular formula is C20H25Cl2N7O3. The number of hydrogen-bond donors (Lipinski definition) is 2. The Balaban J connectivity index is 0.00000289. The number of nitrogens with two attached hydrogens (primary N) is 1. The quantitative estimate of drug-likeness (QED) is 0.606. The Bertz CT molecular complexity index is 982. The van der Waals surface area contributed by atoms with E-state index in [0.29, 0.717) is 36.0 Å². The fourth-order valence-corrected chi connectivity index (χ4v) is 4.10. The van der Waals surface area contributed by atoms with E-state index in [9.17, 15) is 14.4 Å². The van der Waals surface area contributed by atoms with Crippen LogP contribution in [0, 0.1) is 0 Å². The van der Waals surface area contributed by atoms with Crippen LogP contribution in [0.2, 0.25) is 5.02 Å². The number of piperidine rings is 1. The second-order valence-corrected chi connectivity index (χ2v) is 8.16. The highest BCUT2D eigenvalue weighted by molar-refractivity contribution is 6.30. The molecule has 2 saturated heterocycles. The zero-order valence-corrected chi connectivity index (χ0v) is 18.9. The zero-order chi connectivity index (χ0) is 22.0. The third-order valence-corrected chi connectivity index (χ3v) is 5.89. The molecule has 0 radical (unpaired) electrons. The molecular weight excluding hydrogens is 457 g/mol. The molecule has 2 fully saturated rings. The minimum absolute atomic E-state index is 0. The van der Waals surface area contributed by atoms with Crippen LogP contribution in [0.1, 0.15) is 37.4 Å². The number of halogens is 2. The van der Waals surface area contributed by atoms with Crippen LogP contribution in [-0.4, -0.2) is 56.9 Å². The molecule has 172 valence electrons. The van der Waals surface area contributed by atoms with Crippen molar-refractivity contribution in [3.63, 3.8) is 0 Å². The van der Waals surface area contributed by atoms with Crippen LogP contribution >= 0.6 is 24.0 Å². The number of anilines is 1. The summed E-state index contributed by atoms with van der Waals surface area (Å²) >= 11 is 5.88. The van der Waals surface area contributed by atoms with Crippen molar-refractivity contribution >= 4 is 47.5 Å². The minimum atomic E-state index is -0.727. The van der Waals surface area contributed by atoms with Crippen molar-refractivity contribution in [2.24, 2.45) is 5.73 Å². The predicted octanol–water partition coefficient (Wildman–Crippen LogP) is 1.88. The lowest BCUT2D eigenvalue weighted by Gasteiger charge is -2.32. The summed E-state index contributed by atoms with van der Waals surface area (Å²) < 4.78 is 1.77. The number of imide groups is 1. The number of carbonyl (C=O) groups is 3. The second kappa shape index (κ2) is 10.3. The van der Waals surface area contributed by atoms with E-state index in [0.717, 1.165) is 17.7 Å². The summed E-state index contributed by atoms with van der Waals surface area (Å²) in [6.07, 6.45) is 4.00. The Kier molecular flexibility index (Phi) is 7.70. The van der Waals surface area contributed by atoms with Crippen molar-refractivity contribution in [1.29, 1.82) is 0 Å². The van der Waals surface area contributed by atoms with Crippen molar-refractivity contribution in [1.82, 2.24) is 25.2 Å². The van der Waals surface area contributed by atoms with Gasteiger partial charge >= 0.3 is 6.03 Å². The molecule has 2 unspecified atom stereocenters. The highest BCUT2D eigenvalue weighted by atomic mass is 35.5. The van der Waals surface area contributed by atoms with Crippen LogP contribution in [-0.2, 0) is 16.1 Å². The normalized spacial score (nSPS) is 20.8. The Morgan fingerprint density at radius 2 is 2.00 bits per heavy atom. The van der Waals surface area contributed by atoms with Crippen molar-refractivity contribution < 1.29 is 14.4 Å². The zero-order valence-electron chi connectivity index (χ0n) is 17.3. The molecule has 0 aliphatic carbocycles. The fourth-order valence-electron chi connectivity index (χ4n) is 3.97. The molecule has 32 heavy (non-hydrogen) atoms. The molecule has 12 heteroatoms. The number of likely N-dealkylation sites (tertiary alicyclic amines) is 1. The second-order valence-electron chi connectivity index (χ2n) is 7.72. The van der Waals surface area contributed by atoms with E-state index in [1.54, 1.807) is 33.8 Å². The Labute approximate surface area is 196 Å². The van der Waals surface area contributed by atoms with Gasteiger partial charge in [0.2, 0.25) is 5.91 Å². The van der Waals surface area contributed by atoms with Gasteiger partial charge in [-0.25, -0.2) is 14.4 Å². The van der Waals surface area contributed by atoms with Gasteiger partial charge in [0.05, 0.1) is 23.6 Å². The number of carbonyl (C=O) groups excluding carboxylic acids is 3. The minimum Gasteiger partial charge on any atom is -0.341 e. The third-order valence-electron chi connectivity index (χ3n) is 5.64. The van der Waals surface area contributed by atoms with Crippen LogP contribution in [0.5, 0.6) is 0 Å². The first-order valence-electron chi connectivity index (χ1n) is 10.2.